The average Bonchev–Trinajstić information content (AvgIpc) is 4.22. The van der Waals surface area contributed by atoms with E-state index in [2.05, 4.69) is 99.3 Å². The van der Waals surface area contributed by atoms with Gasteiger partial charge in [-0.1, -0.05) is 35.4 Å². The molecule has 10 rings (SSSR count). The van der Waals surface area contributed by atoms with E-state index in [9.17, 15) is 31.2 Å². The minimum atomic E-state index is -3.94. The third-order valence-corrected chi connectivity index (χ3v) is 13.6. The summed E-state index contributed by atoms with van der Waals surface area (Å²) in [7, 11) is -6.14. The standard InChI is InChI=1S/C17H16N2O4S.C14H12N2O2S.C9H8N2O2.C7H6N2.C3H5ClO2.3HI.V/c1-3-23-17(20)16-10-13-11-18-9-8-15(13)19(16)24(21,22)14-6-4-12(2)5-7-14;1-11-2-4-13(5-3-11)19(17,18)16-9-7-12-10-15-8-6-14(12)16;1-13-9(12)8-4-6-5-10-3-2-7(6)11-8;1-4-9-7-2-3-8-5-6(1)7;1-2-6-3(4)5;;;;/h4-11H,3H2,1-2H3;2-10H,1H3;2-5,11H,1H3;1-5,9H;2H2,1H3;3*1H;/q;;;;;;;;+3/p-3. The van der Waals surface area contributed by atoms with Crippen LogP contribution in [0.25, 0.3) is 43.6 Å². The Morgan fingerprint density at radius 1 is 0.613 bits per heavy atom. The molecule has 0 unspecified atom stereocenters. The number of esters is 2. The van der Waals surface area contributed by atoms with E-state index in [1.165, 1.54) is 41.7 Å². The van der Waals surface area contributed by atoms with Gasteiger partial charge in [0.1, 0.15) is 11.4 Å². The van der Waals surface area contributed by atoms with Crippen LogP contribution in [0.15, 0.2) is 169 Å². The van der Waals surface area contributed by atoms with E-state index in [1.54, 1.807) is 112 Å². The predicted octanol–water partition coefficient (Wildman–Crippen LogP) is 12.3. The third-order valence-electron chi connectivity index (χ3n) is 10.1. The summed E-state index contributed by atoms with van der Waals surface area (Å²) in [5.41, 5.74) is 4.69. The van der Waals surface area contributed by atoms with Gasteiger partial charge in [-0.2, -0.15) is 0 Å². The van der Waals surface area contributed by atoms with Crippen LogP contribution < -0.4 is 0 Å². The zero-order chi connectivity index (χ0) is 54.7. The minimum Gasteiger partial charge on any atom is -0.361 e. The maximum Gasteiger partial charge on any atom is 0.0484 e. The van der Waals surface area contributed by atoms with Gasteiger partial charge in [0.15, 0.2) is 0 Å². The average molecular weight is 1450 g/mol. The quantitative estimate of drug-likeness (QED) is 0.0623. The monoisotopic (exact) mass is 1450 g/mol. The van der Waals surface area contributed by atoms with Gasteiger partial charge in [0.25, 0.3) is 20.0 Å². The summed E-state index contributed by atoms with van der Waals surface area (Å²) in [6, 6.07) is 27.3. The van der Waals surface area contributed by atoms with Crippen LogP contribution in [0, 0.1) is 13.8 Å². The maximum absolute atomic E-state index is 13.1. The number of aromatic amines is 2. The van der Waals surface area contributed by atoms with Gasteiger partial charge in [-0.05, 0) is 100 Å². The molecular weight excluding hydrogens is 1400 g/mol. The topological polar surface area (TPSA) is 240 Å². The van der Waals surface area contributed by atoms with Gasteiger partial charge in [-0.15, -0.1) is 0 Å². The van der Waals surface area contributed by atoms with E-state index in [-0.39, 0.29) is 33.0 Å². The van der Waals surface area contributed by atoms with E-state index >= 15 is 0 Å². The Morgan fingerprint density at radius 2 is 1.12 bits per heavy atom. The Hall–Kier alpha value is -5.43. The van der Waals surface area contributed by atoms with E-state index in [0.29, 0.717) is 28.7 Å². The van der Waals surface area contributed by atoms with Gasteiger partial charge in [0, 0.05) is 106 Å². The molecule has 392 valence electrons. The number of hydrogen-bond donors (Lipinski definition) is 2. The summed E-state index contributed by atoms with van der Waals surface area (Å²) in [4.78, 5) is 54.9. The fourth-order valence-electron chi connectivity index (χ4n) is 6.64. The van der Waals surface area contributed by atoms with Gasteiger partial charge in [0.05, 0.1) is 41.1 Å². The summed E-state index contributed by atoms with van der Waals surface area (Å²) in [5, 5.41) is 3.43. The zero-order valence-electron chi connectivity index (χ0n) is 40.5. The first-order valence-electron chi connectivity index (χ1n) is 22.0. The summed E-state index contributed by atoms with van der Waals surface area (Å²) in [6.07, 6.45) is 16.7. The minimum absolute atomic E-state index is 0.0413. The number of fused-ring (bicyclic) bond motifs is 4. The molecule has 18 nitrogen and oxygen atoms in total. The molecule has 0 spiro atoms. The van der Waals surface area contributed by atoms with Gasteiger partial charge < -0.3 is 24.2 Å². The second-order valence-electron chi connectivity index (χ2n) is 15.1. The molecule has 0 atom stereocenters. The molecule has 25 heteroatoms. The number of rotatable bonds is 8. The summed E-state index contributed by atoms with van der Waals surface area (Å²) in [6.45, 7) is 7.66. The molecule has 0 aliphatic rings. The van der Waals surface area contributed by atoms with Crippen LogP contribution >= 0.6 is 71.5 Å². The number of benzene rings is 2. The van der Waals surface area contributed by atoms with Crippen molar-refractivity contribution in [2.75, 3.05) is 20.3 Å². The molecule has 0 aliphatic carbocycles. The van der Waals surface area contributed by atoms with Crippen LogP contribution in [0.1, 0.15) is 46.0 Å². The van der Waals surface area contributed by atoms with Crippen molar-refractivity contribution < 1.29 is 50.4 Å². The van der Waals surface area contributed by atoms with Crippen molar-refractivity contribution in [2.24, 2.45) is 0 Å². The van der Waals surface area contributed by atoms with Crippen LogP contribution in [0.3, 0.4) is 0 Å². The Morgan fingerprint density at radius 3 is 1.64 bits per heavy atom. The van der Waals surface area contributed by atoms with E-state index in [0.717, 1.165) is 42.3 Å². The van der Waals surface area contributed by atoms with Crippen LogP contribution in [-0.4, -0.2) is 92.4 Å². The van der Waals surface area contributed by atoms with Gasteiger partial charge in [-0.3, -0.25) is 19.9 Å². The van der Waals surface area contributed by atoms with Crippen molar-refractivity contribution >= 4 is 153 Å². The molecular formula is C50H47ClI3N8O10S2V. The Bertz CT molecular complexity index is 3660. The van der Waals surface area contributed by atoms with Crippen molar-refractivity contribution in [3.63, 3.8) is 0 Å². The Balaban J connectivity index is 0.000000181. The van der Waals surface area contributed by atoms with Crippen LogP contribution in [-0.2, 0) is 39.2 Å². The predicted molar refractivity (Wildman–Crippen MR) is 311 cm³/mol. The molecule has 0 saturated carbocycles. The number of H-pyrrole nitrogens is 2. The number of nitrogens with zero attached hydrogens (tertiary/aromatic N) is 6. The van der Waals surface area contributed by atoms with E-state index in [4.69, 9.17) is 16.3 Å². The van der Waals surface area contributed by atoms with E-state index in [1.807, 2.05) is 44.4 Å². The van der Waals surface area contributed by atoms with Crippen LogP contribution in [0.4, 0.5) is 4.79 Å². The maximum atomic E-state index is 13.1. The molecule has 2 aromatic carbocycles. The summed E-state index contributed by atoms with van der Waals surface area (Å²) in [5.74, 6) is -1.06. The molecule has 0 bridgehead atoms. The second kappa shape index (κ2) is 29.2. The van der Waals surface area contributed by atoms with Gasteiger partial charge >= 0.3 is 82.2 Å². The number of nitrogens with one attached hydrogen (secondary N) is 2. The number of ether oxygens (including phenoxy) is 3. The number of aromatic nitrogens is 8. The summed E-state index contributed by atoms with van der Waals surface area (Å²) >= 11 is 12.1. The number of methoxy groups -OCH3 is 1. The fraction of sp³-hybridized carbons (Fsp3) is 0.140. The normalized spacial score (nSPS) is 10.8. The molecule has 2 N–H and O–H groups in total. The number of halogens is 4. The molecule has 0 fully saturated rings. The molecule has 0 aliphatic heterocycles. The van der Waals surface area contributed by atoms with Gasteiger partial charge in [-0.25, -0.2) is 39.2 Å². The zero-order valence-corrected chi connectivity index (χ0v) is 50.7. The van der Waals surface area contributed by atoms with Crippen LogP contribution in [0.5, 0.6) is 0 Å². The number of hydrogen-bond acceptors (Lipinski definition) is 14. The molecule has 10 aromatic rings. The Kier molecular flexibility index (Phi) is 23.5. The van der Waals surface area contributed by atoms with Crippen molar-refractivity contribution in [1.82, 2.24) is 37.8 Å². The van der Waals surface area contributed by atoms with Crippen molar-refractivity contribution in [3.8, 4) is 0 Å². The number of carbonyl (C=O) groups excluding carboxylic acids is 3. The van der Waals surface area contributed by atoms with Gasteiger partial charge in [0.2, 0.25) is 0 Å². The SMILES string of the molecule is CCOC(=O)Cl.CCOC(=O)c1cc2cnccc2n1S(=O)(=O)c1ccc(C)cc1.COC(=O)c1cc2cnccc2[nH]1.Cc1ccc(S(=O)(=O)n2ccc3cnccc32)cc1.[I][V]([I])[I].c1cc2[nH]ccc2cn1. The fourth-order valence-corrected chi connectivity index (χ4v) is 9.61. The third kappa shape index (κ3) is 17.0. The van der Waals surface area contributed by atoms with Crippen LogP contribution in [0.2, 0.25) is 0 Å². The Labute approximate surface area is 475 Å². The first-order valence-corrected chi connectivity index (χ1v) is 38.8. The van der Waals surface area contributed by atoms with Crippen molar-refractivity contribution in [2.45, 2.75) is 37.5 Å². The second-order valence-corrected chi connectivity index (χ2v) is 54.4. The smallest absolute Gasteiger partial charge is 0.0484 e. The molecule has 0 saturated heterocycles. The molecule has 8 aromatic heterocycles. The summed E-state index contributed by atoms with van der Waals surface area (Å²) < 4.78 is 67.3. The molecule has 8 heterocycles. The molecule has 0 amide bonds. The molecule has 75 heavy (non-hydrogen) atoms. The first-order chi connectivity index (χ1) is 35.8. The largest absolute Gasteiger partial charge is 0.361 e. The molecule has 0 radical (unpaired) electrons. The number of carbonyl (C=O) groups is 3. The first kappa shape index (κ1) is 60.4. The number of aryl methyl sites for hydroxylation is 2. The number of pyridine rings is 4. The van der Waals surface area contributed by atoms with E-state index < -0.39 is 31.4 Å². The van der Waals surface area contributed by atoms with Crippen molar-refractivity contribution in [3.05, 3.63) is 182 Å². The van der Waals surface area contributed by atoms with Crippen molar-refractivity contribution in [1.29, 1.82) is 0 Å².